The van der Waals surface area contributed by atoms with E-state index < -0.39 is 0 Å². The van der Waals surface area contributed by atoms with Crippen LogP contribution in [0.5, 0.6) is 0 Å². The summed E-state index contributed by atoms with van der Waals surface area (Å²) in [5.41, 5.74) is 2.63. The van der Waals surface area contributed by atoms with Crippen molar-refractivity contribution in [3.05, 3.63) is 28.8 Å². The first-order chi connectivity index (χ1) is 9.61. The van der Waals surface area contributed by atoms with Crippen molar-refractivity contribution in [3.63, 3.8) is 0 Å². The SMILES string of the molecule is CCNCc1ccc(Cl)cc1N1CCCN(C)CC1C. The maximum atomic E-state index is 6.23. The number of hydrogen-bond acceptors (Lipinski definition) is 3. The summed E-state index contributed by atoms with van der Waals surface area (Å²) in [6.45, 7) is 9.71. The fourth-order valence-electron chi connectivity index (χ4n) is 2.94. The van der Waals surface area contributed by atoms with Crippen LogP contribution < -0.4 is 10.2 Å². The van der Waals surface area contributed by atoms with Crippen LogP contribution in [0, 0.1) is 0 Å². The summed E-state index contributed by atoms with van der Waals surface area (Å²) in [7, 11) is 2.21. The van der Waals surface area contributed by atoms with E-state index >= 15 is 0 Å². The van der Waals surface area contributed by atoms with E-state index in [0.717, 1.165) is 31.2 Å². The Morgan fingerprint density at radius 3 is 2.90 bits per heavy atom. The van der Waals surface area contributed by atoms with Crippen LogP contribution in [0.2, 0.25) is 5.02 Å². The predicted molar refractivity (Wildman–Crippen MR) is 87.8 cm³/mol. The summed E-state index contributed by atoms with van der Waals surface area (Å²) in [5, 5.41) is 4.25. The van der Waals surface area contributed by atoms with Crippen LogP contribution in [-0.4, -0.2) is 44.2 Å². The fraction of sp³-hybridized carbons (Fsp3) is 0.625. The van der Waals surface area contributed by atoms with Gasteiger partial charge in [-0.3, -0.25) is 0 Å². The lowest BCUT2D eigenvalue weighted by molar-refractivity contribution is 0.337. The number of rotatable bonds is 4. The molecule has 3 nitrogen and oxygen atoms in total. The number of nitrogens with one attached hydrogen (secondary N) is 1. The Kier molecular flexibility index (Phi) is 5.70. The molecule has 1 fully saturated rings. The van der Waals surface area contributed by atoms with Crippen molar-refractivity contribution < 1.29 is 0 Å². The summed E-state index contributed by atoms with van der Waals surface area (Å²) >= 11 is 6.23. The molecule has 1 aliphatic heterocycles. The average molecular weight is 296 g/mol. The van der Waals surface area contributed by atoms with Gasteiger partial charge in [-0.1, -0.05) is 24.6 Å². The van der Waals surface area contributed by atoms with Gasteiger partial charge in [0.1, 0.15) is 0 Å². The Labute approximate surface area is 127 Å². The third kappa shape index (κ3) is 3.87. The zero-order chi connectivity index (χ0) is 14.5. The standard InChI is InChI=1S/C16H26ClN3/c1-4-18-11-14-6-7-15(17)10-16(14)20-9-5-8-19(3)12-13(20)2/h6-7,10,13,18H,4-5,8-9,11-12H2,1-3H3. The maximum absolute atomic E-state index is 6.23. The first kappa shape index (κ1) is 15.6. The maximum Gasteiger partial charge on any atom is 0.0429 e. The number of likely N-dealkylation sites (N-methyl/N-ethyl adjacent to an activating group) is 1. The van der Waals surface area contributed by atoms with Crippen molar-refractivity contribution in [3.8, 4) is 0 Å². The number of hydrogen-bond donors (Lipinski definition) is 1. The highest BCUT2D eigenvalue weighted by atomic mass is 35.5. The Bertz CT molecular complexity index is 436. The van der Waals surface area contributed by atoms with E-state index in [4.69, 9.17) is 11.6 Å². The van der Waals surface area contributed by atoms with Gasteiger partial charge in [0, 0.05) is 36.4 Å². The molecule has 1 saturated heterocycles. The van der Waals surface area contributed by atoms with Crippen LogP contribution in [0.1, 0.15) is 25.8 Å². The molecule has 0 bridgehead atoms. The van der Waals surface area contributed by atoms with Gasteiger partial charge in [0.15, 0.2) is 0 Å². The molecule has 4 heteroatoms. The van der Waals surface area contributed by atoms with E-state index in [1.165, 1.54) is 24.2 Å². The van der Waals surface area contributed by atoms with Gasteiger partial charge in [-0.15, -0.1) is 0 Å². The van der Waals surface area contributed by atoms with Gasteiger partial charge in [0.25, 0.3) is 0 Å². The quantitative estimate of drug-likeness (QED) is 0.921. The minimum absolute atomic E-state index is 0.515. The molecule has 1 aliphatic rings. The number of benzene rings is 1. The molecule has 1 atom stereocenters. The minimum Gasteiger partial charge on any atom is -0.367 e. The summed E-state index contributed by atoms with van der Waals surface area (Å²) < 4.78 is 0. The molecule has 0 aliphatic carbocycles. The molecule has 1 unspecified atom stereocenters. The van der Waals surface area contributed by atoms with Crippen molar-refractivity contribution in [1.29, 1.82) is 0 Å². The molecule has 1 aromatic carbocycles. The van der Waals surface area contributed by atoms with Gasteiger partial charge in [0.05, 0.1) is 0 Å². The topological polar surface area (TPSA) is 18.5 Å². The smallest absolute Gasteiger partial charge is 0.0429 e. The van der Waals surface area contributed by atoms with Crippen LogP contribution in [0.15, 0.2) is 18.2 Å². The van der Waals surface area contributed by atoms with Crippen LogP contribution >= 0.6 is 11.6 Å². The van der Waals surface area contributed by atoms with E-state index in [2.05, 4.69) is 48.1 Å². The molecule has 1 N–H and O–H groups in total. The molecular weight excluding hydrogens is 270 g/mol. The average Bonchev–Trinajstić information content (AvgIpc) is 2.58. The molecule has 20 heavy (non-hydrogen) atoms. The number of anilines is 1. The first-order valence-electron chi connectivity index (χ1n) is 7.56. The van der Waals surface area contributed by atoms with Gasteiger partial charge in [-0.05, 0) is 51.2 Å². The molecule has 0 aromatic heterocycles. The monoisotopic (exact) mass is 295 g/mol. The lowest BCUT2D eigenvalue weighted by Crippen LogP contribution is -2.38. The second-order valence-electron chi connectivity index (χ2n) is 5.71. The highest BCUT2D eigenvalue weighted by Gasteiger charge is 2.21. The highest BCUT2D eigenvalue weighted by molar-refractivity contribution is 6.30. The van der Waals surface area contributed by atoms with Crippen molar-refractivity contribution in [1.82, 2.24) is 10.2 Å². The molecular formula is C16H26ClN3. The van der Waals surface area contributed by atoms with Crippen molar-refractivity contribution in [2.75, 3.05) is 38.1 Å². The fourth-order valence-corrected chi connectivity index (χ4v) is 3.11. The van der Waals surface area contributed by atoms with Crippen LogP contribution in [0.25, 0.3) is 0 Å². The van der Waals surface area contributed by atoms with Gasteiger partial charge in [-0.25, -0.2) is 0 Å². The largest absolute Gasteiger partial charge is 0.367 e. The molecule has 2 rings (SSSR count). The summed E-state index contributed by atoms with van der Waals surface area (Å²) in [4.78, 5) is 4.93. The van der Waals surface area contributed by atoms with E-state index in [1.54, 1.807) is 0 Å². The summed E-state index contributed by atoms with van der Waals surface area (Å²) in [5.74, 6) is 0. The van der Waals surface area contributed by atoms with Crippen molar-refractivity contribution >= 4 is 17.3 Å². The third-order valence-corrected chi connectivity index (χ3v) is 4.20. The summed E-state index contributed by atoms with van der Waals surface area (Å²) in [6, 6.07) is 6.78. The molecule has 1 heterocycles. The Morgan fingerprint density at radius 2 is 2.15 bits per heavy atom. The number of halogens is 1. The zero-order valence-corrected chi connectivity index (χ0v) is 13.6. The highest BCUT2D eigenvalue weighted by Crippen LogP contribution is 2.28. The van der Waals surface area contributed by atoms with E-state index in [-0.39, 0.29) is 0 Å². The summed E-state index contributed by atoms with van der Waals surface area (Å²) in [6.07, 6.45) is 1.20. The first-order valence-corrected chi connectivity index (χ1v) is 7.94. The van der Waals surface area contributed by atoms with Crippen LogP contribution in [-0.2, 0) is 6.54 Å². The second kappa shape index (κ2) is 7.30. The second-order valence-corrected chi connectivity index (χ2v) is 6.15. The van der Waals surface area contributed by atoms with Crippen LogP contribution in [0.3, 0.4) is 0 Å². The van der Waals surface area contributed by atoms with E-state index in [1.807, 2.05) is 6.07 Å². The van der Waals surface area contributed by atoms with Gasteiger partial charge < -0.3 is 15.1 Å². The Morgan fingerprint density at radius 1 is 1.35 bits per heavy atom. The molecule has 0 amide bonds. The minimum atomic E-state index is 0.515. The number of nitrogens with zero attached hydrogens (tertiary/aromatic N) is 2. The predicted octanol–water partition coefficient (Wildman–Crippen LogP) is 2.98. The lowest BCUT2D eigenvalue weighted by Gasteiger charge is -2.32. The zero-order valence-electron chi connectivity index (χ0n) is 12.8. The van der Waals surface area contributed by atoms with Gasteiger partial charge >= 0.3 is 0 Å². The molecule has 112 valence electrons. The molecule has 0 spiro atoms. The molecule has 0 saturated carbocycles. The Hall–Kier alpha value is -0.770. The normalized spacial score (nSPS) is 21.0. The molecule has 0 radical (unpaired) electrons. The van der Waals surface area contributed by atoms with Crippen LogP contribution in [0.4, 0.5) is 5.69 Å². The van der Waals surface area contributed by atoms with E-state index in [9.17, 15) is 0 Å². The van der Waals surface area contributed by atoms with Gasteiger partial charge in [-0.2, -0.15) is 0 Å². The van der Waals surface area contributed by atoms with Crippen molar-refractivity contribution in [2.45, 2.75) is 32.9 Å². The van der Waals surface area contributed by atoms with E-state index in [0.29, 0.717) is 6.04 Å². The molecule has 1 aromatic rings. The van der Waals surface area contributed by atoms with Gasteiger partial charge in [0.2, 0.25) is 0 Å². The third-order valence-electron chi connectivity index (χ3n) is 3.97. The van der Waals surface area contributed by atoms with Crippen molar-refractivity contribution in [2.24, 2.45) is 0 Å². The lowest BCUT2D eigenvalue weighted by atomic mass is 10.1. The Balaban J connectivity index is 2.26.